The summed E-state index contributed by atoms with van der Waals surface area (Å²) < 4.78 is 1.32. The topological polar surface area (TPSA) is 9.72 Å². The van der Waals surface area contributed by atoms with Crippen molar-refractivity contribution in [3.63, 3.8) is 0 Å². The van der Waals surface area contributed by atoms with E-state index < -0.39 is 0 Å². The van der Waals surface area contributed by atoms with Crippen molar-refractivity contribution >= 4 is 22.6 Å². The molecular formula is C19H30IN3. The summed E-state index contributed by atoms with van der Waals surface area (Å²) in [6.07, 6.45) is 2.69. The summed E-state index contributed by atoms with van der Waals surface area (Å²) in [7, 11) is 2.25. The van der Waals surface area contributed by atoms with Crippen molar-refractivity contribution in [2.45, 2.75) is 44.8 Å². The molecule has 0 spiro atoms. The van der Waals surface area contributed by atoms with Gasteiger partial charge in [-0.25, -0.2) is 0 Å². The van der Waals surface area contributed by atoms with Crippen molar-refractivity contribution in [3.05, 3.63) is 33.4 Å². The summed E-state index contributed by atoms with van der Waals surface area (Å²) in [5, 5.41) is 0. The molecule has 2 fully saturated rings. The third-order valence-corrected chi connectivity index (χ3v) is 6.48. The standard InChI is InChI=1S/C19H30IN3/c1-15-14-22(19-8-10-21(3)11-9-19)12-13-23(15)16(2)17-4-6-18(20)7-5-17/h4-7,15-16,19H,8-14H2,1-3H3/t15-,16-/m0/s1. The molecule has 1 aromatic carbocycles. The third kappa shape index (κ3) is 4.27. The molecule has 0 saturated carbocycles. The molecule has 0 bridgehead atoms. The number of likely N-dealkylation sites (tertiary alicyclic amines) is 1. The average molecular weight is 427 g/mol. The van der Waals surface area contributed by atoms with Gasteiger partial charge in [0.25, 0.3) is 0 Å². The Labute approximate surface area is 155 Å². The Balaban J connectivity index is 1.59. The maximum Gasteiger partial charge on any atom is 0.0323 e. The third-order valence-electron chi connectivity index (χ3n) is 5.76. The minimum atomic E-state index is 0.515. The van der Waals surface area contributed by atoms with Crippen LogP contribution < -0.4 is 0 Å². The summed E-state index contributed by atoms with van der Waals surface area (Å²) in [6, 6.07) is 11.0. The summed E-state index contributed by atoms with van der Waals surface area (Å²) in [4.78, 5) is 7.91. The first-order valence-corrected chi connectivity index (χ1v) is 10.1. The van der Waals surface area contributed by atoms with Gasteiger partial charge in [-0.1, -0.05) is 12.1 Å². The van der Waals surface area contributed by atoms with E-state index in [1.165, 1.54) is 54.7 Å². The number of piperazine rings is 1. The summed E-state index contributed by atoms with van der Waals surface area (Å²) in [6.45, 7) is 10.9. The maximum atomic E-state index is 2.76. The molecule has 0 N–H and O–H groups in total. The quantitative estimate of drug-likeness (QED) is 0.685. The van der Waals surface area contributed by atoms with Gasteiger partial charge in [0.2, 0.25) is 0 Å². The fourth-order valence-electron chi connectivity index (χ4n) is 4.20. The Hall–Kier alpha value is -0.170. The maximum absolute atomic E-state index is 2.76. The van der Waals surface area contributed by atoms with Gasteiger partial charge in [-0.2, -0.15) is 0 Å². The molecule has 0 amide bonds. The van der Waals surface area contributed by atoms with Gasteiger partial charge in [0.1, 0.15) is 0 Å². The van der Waals surface area contributed by atoms with Crippen molar-refractivity contribution in [3.8, 4) is 0 Å². The fourth-order valence-corrected chi connectivity index (χ4v) is 4.56. The molecule has 1 aromatic rings. The summed E-state index contributed by atoms with van der Waals surface area (Å²) >= 11 is 2.38. The highest BCUT2D eigenvalue weighted by atomic mass is 127. The zero-order valence-electron chi connectivity index (χ0n) is 14.7. The highest BCUT2D eigenvalue weighted by Gasteiger charge is 2.32. The van der Waals surface area contributed by atoms with Crippen molar-refractivity contribution in [2.24, 2.45) is 0 Å². The second kappa shape index (κ2) is 7.81. The van der Waals surface area contributed by atoms with Gasteiger partial charge in [0.15, 0.2) is 0 Å². The molecule has 2 aliphatic heterocycles. The normalized spacial score (nSPS) is 27.2. The molecule has 128 valence electrons. The fraction of sp³-hybridized carbons (Fsp3) is 0.684. The number of benzene rings is 1. The van der Waals surface area contributed by atoms with Crippen LogP contribution in [0.4, 0.5) is 0 Å². The number of hydrogen-bond acceptors (Lipinski definition) is 3. The lowest BCUT2D eigenvalue weighted by Gasteiger charge is -2.47. The summed E-state index contributed by atoms with van der Waals surface area (Å²) in [5.41, 5.74) is 1.45. The zero-order chi connectivity index (χ0) is 16.4. The van der Waals surface area contributed by atoms with Crippen LogP contribution in [0.25, 0.3) is 0 Å². The lowest BCUT2D eigenvalue weighted by molar-refractivity contribution is 0.0159. The minimum absolute atomic E-state index is 0.515. The molecule has 0 radical (unpaired) electrons. The first-order valence-electron chi connectivity index (χ1n) is 8.98. The van der Waals surface area contributed by atoms with E-state index in [0.29, 0.717) is 12.1 Å². The van der Waals surface area contributed by atoms with Crippen LogP contribution in [0.15, 0.2) is 24.3 Å². The number of piperidine rings is 1. The first kappa shape index (κ1) is 17.6. The lowest BCUT2D eigenvalue weighted by atomic mass is 9.99. The van der Waals surface area contributed by atoms with Crippen molar-refractivity contribution in [2.75, 3.05) is 39.8 Å². The molecule has 0 unspecified atom stereocenters. The molecule has 3 nitrogen and oxygen atoms in total. The zero-order valence-corrected chi connectivity index (χ0v) is 16.9. The Bertz CT molecular complexity index is 496. The van der Waals surface area contributed by atoms with E-state index in [-0.39, 0.29) is 0 Å². The Morgan fingerprint density at radius 2 is 1.70 bits per heavy atom. The van der Waals surface area contributed by atoms with Gasteiger partial charge in [-0.05, 0) is 87.1 Å². The van der Waals surface area contributed by atoms with Crippen molar-refractivity contribution in [1.29, 1.82) is 0 Å². The number of nitrogens with zero attached hydrogens (tertiary/aromatic N) is 3. The van der Waals surface area contributed by atoms with E-state index in [1.807, 2.05) is 0 Å². The molecule has 2 atom stereocenters. The number of rotatable bonds is 3. The largest absolute Gasteiger partial charge is 0.306 e. The molecule has 23 heavy (non-hydrogen) atoms. The Morgan fingerprint density at radius 1 is 1.04 bits per heavy atom. The van der Waals surface area contributed by atoms with E-state index >= 15 is 0 Å². The van der Waals surface area contributed by atoms with Crippen molar-refractivity contribution < 1.29 is 0 Å². The van der Waals surface area contributed by atoms with Gasteiger partial charge in [-0.3, -0.25) is 9.80 Å². The van der Waals surface area contributed by atoms with Crippen LogP contribution in [0.5, 0.6) is 0 Å². The van der Waals surface area contributed by atoms with Crippen LogP contribution in [-0.4, -0.2) is 66.6 Å². The predicted octanol–water partition coefficient (Wildman–Crippen LogP) is 3.45. The molecule has 3 rings (SSSR count). The average Bonchev–Trinajstić information content (AvgIpc) is 2.55. The lowest BCUT2D eigenvalue weighted by Crippen LogP contribution is -2.56. The van der Waals surface area contributed by atoms with Crippen LogP contribution in [0.2, 0.25) is 0 Å². The SMILES string of the molecule is C[C@H]1CN(C2CCN(C)CC2)CCN1[C@@H](C)c1ccc(I)cc1. The Kier molecular flexibility index (Phi) is 5.99. The van der Waals surface area contributed by atoms with E-state index in [2.05, 4.69) is 82.5 Å². The molecule has 2 heterocycles. The molecule has 4 heteroatoms. The van der Waals surface area contributed by atoms with Gasteiger partial charge in [0, 0.05) is 41.3 Å². The van der Waals surface area contributed by atoms with Gasteiger partial charge < -0.3 is 4.90 Å². The van der Waals surface area contributed by atoms with Crippen LogP contribution in [0.1, 0.15) is 38.3 Å². The molecular weight excluding hydrogens is 397 g/mol. The summed E-state index contributed by atoms with van der Waals surface area (Å²) in [5.74, 6) is 0. The van der Waals surface area contributed by atoms with E-state index in [1.54, 1.807) is 0 Å². The number of hydrogen-bond donors (Lipinski definition) is 0. The molecule has 2 aliphatic rings. The van der Waals surface area contributed by atoms with Crippen LogP contribution in [-0.2, 0) is 0 Å². The predicted molar refractivity (Wildman–Crippen MR) is 106 cm³/mol. The van der Waals surface area contributed by atoms with E-state index in [9.17, 15) is 0 Å². The van der Waals surface area contributed by atoms with Gasteiger partial charge >= 0.3 is 0 Å². The van der Waals surface area contributed by atoms with Crippen LogP contribution in [0, 0.1) is 3.57 Å². The second-order valence-electron chi connectivity index (χ2n) is 7.34. The minimum Gasteiger partial charge on any atom is -0.306 e. The molecule has 0 aliphatic carbocycles. The number of halogens is 1. The Morgan fingerprint density at radius 3 is 2.30 bits per heavy atom. The highest BCUT2D eigenvalue weighted by molar-refractivity contribution is 14.1. The highest BCUT2D eigenvalue weighted by Crippen LogP contribution is 2.27. The van der Waals surface area contributed by atoms with Crippen LogP contribution >= 0.6 is 22.6 Å². The second-order valence-corrected chi connectivity index (χ2v) is 8.59. The monoisotopic (exact) mass is 427 g/mol. The van der Waals surface area contributed by atoms with Gasteiger partial charge in [0.05, 0.1) is 0 Å². The van der Waals surface area contributed by atoms with E-state index in [4.69, 9.17) is 0 Å². The molecule has 0 aromatic heterocycles. The van der Waals surface area contributed by atoms with Gasteiger partial charge in [-0.15, -0.1) is 0 Å². The van der Waals surface area contributed by atoms with Crippen molar-refractivity contribution in [1.82, 2.24) is 14.7 Å². The van der Waals surface area contributed by atoms with E-state index in [0.717, 1.165) is 6.04 Å². The molecule has 2 saturated heterocycles. The smallest absolute Gasteiger partial charge is 0.0323 e. The first-order chi connectivity index (χ1) is 11.0. The van der Waals surface area contributed by atoms with Crippen LogP contribution in [0.3, 0.4) is 0 Å².